The number of ether oxygens (including phenoxy) is 1. The van der Waals surface area contributed by atoms with Gasteiger partial charge in [-0.15, -0.1) is 0 Å². The molecule has 190 valence electrons. The van der Waals surface area contributed by atoms with Gasteiger partial charge in [-0.05, 0) is 80.9 Å². The zero-order valence-corrected chi connectivity index (χ0v) is 21.1. The van der Waals surface area contributed by atoms with Gasteiger partial charge >= 0.3 is 0 Å². The van der Waals surface area contributed by atoms with E-state index in [1.165, 1.54) is 18.2 Å². The number of likely N-dealkylation sites (tertiary alicyclic amines) is 1. The lowest BCUT2D eigenvalue weighted by Gasteiger charge is -2.41. The molecular formula is C26H32F2N2O4S. The Hall–Kier alpha value is -2.52. The summed E-state index contributed by atoms with van der Waals surface area (Å²) in [5.41, 5.74) is 1.29. The number of amides is 1. The van der Waals surface area contributed by atoms with Crippen LogP contribution in [0.15, 0.2) is 36.4 Å². The third-order valence-corrected chi connectivity index (χ3v) is 7.66. The van der Waals surface area contributed by atoms with E-state index >= 15 is 0 Å². The molecule has 1 amide bonds. The Labute approximate surface area is 205 Å². The number of piperidine rings is 1. The molecule has 2 aromatic carbocycles. The van der Waals surface area contributed by atoms with Crippen LogP contribution in [0.3, 0.4) is 0 Å². The van der Waals surface area contributed by atoms with Crippen molar-refractivity contribution < 1.29 is 26.7 Å². The van der Waals surface area contributed by atoms with Crippen molar-refractivity contribution in [2.75, 3.05) is 26.0 Å². The lowest BCUT2D eigenvalue weighted by Crippen LogP contribution is -2.42. The molecule has 6 nitrogen and oxygen atoms in total. The van der Waals surface area contributed by atoms with Crippen molar-refractivity contribution >= 4 is 15.9 Å². The van der Waals surface area contributed by atoms with E-state index in [1.54, 1.807) is 12.1 Å². The average Bonchev–Trinajstić information content (AvgIpc) is 3.62. The second kappa shape index (κ2) is 9.85. The van der Waals surface area contributed by atoms with Crippen LogP contribution in [0.2, 0.25) is 0 Å². The van der Waals surface area contributed by atoms with Crippen LogP contribution >= 0.6 is 0 Å². The fourth-order valence-electron chi connectivity index (χ4n) is 4.63. The van der Waals surface area contributed by atoms with Gasteiger partial charge in [0.1, 0.15) is 17.4 Å². The summed E-state index contributed by atoms with van der Waals surface area (Å²) in [4.78, 5) is 14.6. The Morgan fingerprint density at radius 3 is 2.49 bits per heavy atom. The number of benzene rings is 2. The van der Waals surface area contributed by atoms with Gasteiger partial charge in [0.05, 0.1) is 18.4 Å². The van der Waals surface area contributed by atoms with Crippen molar-refractivity contribution in [3.63, 3.8) is 0 Å². The molecule has 1 aliphatic heterocycles. The van der Waals surface area contributed by atoms with Crippen molar-refractivity contribution in [3.8, 4) is 5.75 Å². The van der Waals surface area contributed by atoms with Crippen LogP contribution in [-0.4, -0.2) is 45.2 Å². The summed E-state index contributed by atoms with van der Waals surface area (Å²) in [6.07, 6.45) is 4.44. The standard InChI is InChI=1S/C26H32F2N2O4S/c1-17(19-5-4-6-20(27)13-19)30-11-9-26(2,10-12-30)16-34-24-15-23(28)22(14-21(24)18-7-8-18)25(31)29-35(3,32)33/h4-6,13-15,17-18H,7-12,16H2,1-3H3,(H,29,31)/t17-/m1/s1. The normalized spacial score (nSPS) is 19.2. The Balaban J connectivity index is 1.42. The Bertz CT molecular complexity index is 1210. The van der Waals surface area contributed by atoms with E-state index in [-0.39, 0.29) is 28.8 Å². The first-order valence-corrected chi connectivity index (χ1v) is 13.8. The van der Waals surface area contributed by atoms with Gasteiger partial charge in [0.2, 0.25) is 10.0 Å². The average molecular weight is 507 g/mol. The largest absolute Gasteiger partial charge is 0.493 e. The molecule has 2 fully saturated rings. The predicted octanol–water partition coefficient (Wildman–Crippen LogP) is 4.77. The minimum atomic E-state index is -3.80. The third-order valence-electron chi connectivity index (χ3n) is 7.10. The summed E-state index contributed by atoms with van der Waals surface area (Å²) in [6.45, 7) is 6.32. The van der Waals surface area contributed by atoms with Crippen LogP contribution in [0.25, 0.3) is 0 Å². The Morgan fingerprint density at radius 2 is 1.89 bits per heavy atom. The van der Waals surface area contributed by atoms with E-state index in [0.29, 0.717) is 12.4 Å². The first-order chi connectivity index (χ1) is 16.4. The summed E-state index contributed by atoms with van der Waals surface area (Å²) in [5.74, 6) is -1.43. The van der Waals surface area contributed by atoms with Gasteiger partial charge in [0.25, 0.3) is 5.91 Å². The molecule has 0 radical (unpaired) electrons. The van der Waals surface area contributed by atoms with Crippen LogP contribution in [-0.2, 0) is 10.0 Å². The number of hydrogen-bond donors (Lipinski definition) is 1. The summed E-state index contributed by atoms with van der Waals surface area (Å²) >= 11 is 0. The Morgan fingerprint density at radius 1 is 1.20 bits per heavy atom. The van der Waals surface area contributed by atoms with Crippen molar-refractivity contribution in [3.05, 3.63) is 64.7 Å². The molecule has 1 heterocycles. The van der Waals surface area contributed by atoms with E-state index in [0.717, 1.165) is 56.2 Å². The molecule has 2 aliphatic rings. The zero-order valence-electron chi connectivity index (χ0n) is 20.3. The molecule has 2 aromatic rings. The fraction of sp³-hybridized carbons (Fsp3) is 0.500. The van der Waals surface area contributed by atoms with Crippen LogP contribution in [0, 0.1) is 17.0 Å². The number of nitrogens with zero attached hydrogens (tertiary/aromatic N) is 1. The highest BCUT2D eigenvalue weighted by Gasteiger charge is 2.35. The quantitative estimate of drug-likeness (QED) is 0.558. The molecule has 1 saturated heterocycles. The molecule has 0 bridgehead atoms. The minimum absolute atomic E-state index is 0.109. The number of sulfonamides is 1. The van der Waals surface area contributed by atoms with Gasteiger partial charge in [0.15, 0.2) is 0 Å². The molecular weight excluding hydrogens is 474 g/mol. The lowest BCUT2D eigenvalue weighted by molar-refractivity contribution is 0.0509. The number of carbonyl (C=O) groups is 1. The first-order valence-electron chi connectivity index (χ1n) is 11.9. The number of hydrogen-bond acceptors (Lipinski definition) is 5. The van der Waals surface area contributed by atoms with Gasteiger partial charge in [-0.2, -0.15) is 0 Å². The second-order valence-corrected chi connectivity index (χ2v) is 12.0. The summed E-state index contributed by atoms with van der Waals surface area (Å²) in [7, 11) is -3.80. The predicted molar refractivity (Wildman–Crippen MR) is 130 cm³/mol. The van der Waals surface area contributed by atoms with E-state index in [4.69, 9.17) is 4.74 Å². The molecule has 0 spiro atoms. The second-order valence-electron chi connectivity index (χ2n) is 10.2. The Kier molecular flexibility index (Phi) is 7.20. The van der Waals surface area contributed by atoms with Crippen molar-refractivity contribution in [2.24, 2.45) is 5.41 Å². The van der Waals surface area contributed by atoms with Crippen LogP contribution in [0.5, 0.6) is 5.75 Å². The summed E-state index contributed by atoms with van der Waals surface area (Å²) in [6, 6.07) is 9.44. The van der Waals surface area contributed by atoms with E-state index < -0.39 is 21.7 Å². The maximum absolute atomic E-state index is 14.8. The van der Waals surface area contributed by atoms with E-state index in [9.17, 15) is 22.0 Å². The minimum Gasteiger partial charge on any atom is -0.493 e. The molecule has 1 saturated carbocycles. The number of rotatable bonds is 8. The van der Waals surface area contributed by atoms with Gasteiger partial charge in [-0.1, -0.05) is 19.1 Å². The van der Waals surface area contributed by atoms with Gasteiger partial charge in [0, 0.05) is 17.5 Å². The molecule has 1 aliphatic carbocycles. The van der Waals surface area contributed by atoms with Crippen LogP contribution in [0.1, 0.15) is 73.0 Å². The monoisotopic (exact) mass is 506 g/mol. The van der Waals surface area contributed by atoms with Gasteiger partial charge in [-0.25, -0.2) is 21.9 Å². The van der Waals surface area contributed by atoms with Crippen molar-refractivity contribution in [1.82, 2.24) is 9.62 Å². The van der Waals surface area contributed by atoms with Gasteiger partial charge < -0.3 is 4.74 Å². The number of nitrogens with one attached hydrogen (secondary N) is 1. The van der Waals surface area contributed by atoms with Crippen LogP contribution in [0.4, 0.5) is 8.78 Å². The SMILES string of the molecule is C[C@H](c1cccc(F)c1)N1CCC(C)(COc2cc(F)c(C(=O)NS(C)(=O)=O)cc2C2CC2)CC1. The summed E-state index contributed by atoms with van der Waals surface area (Å²) < 4.78 is 59.2. The number of carbonyl (C=O) groups excluding carboxylic acids is 1. The molecule has 0 aromatic heterocycles. The topological polar surface area (TPSA) is 75.7 Å². The molecule has 1 N–H and O–H groups in total. The molecule has 4 rings (SSSR count). The highest BCUT2D eigenvalue weighted by atomic mass is 32.2. The first kappa shape index (κ1) is 25.6. The lowest BCUT2D eigenvalue weighted by atomic mass is 9.80. The smallest absolute Gasteiger partial charge is 0.267 e. The molecule has 35 heavy (non-hydrogen) atoms. The fourth-order valence-corrected chi connectivity index (χ4v) is 5.08. The maximum atomic E-state index is 14.8. The third kappa shape index (κ3) is 6.38. The van der Waals surface area contributed by atoms with Crippen LogP contribution < -0.4 is 9.46 Å². The van der Waals surface area contributed by atoms with Crippen molar-refractivity contribution in [2.45, 2.75) is 51.5 Å². The molecule has 9 heteroatoms. The van der Waals surface area contributed by atoms with Gasteiger partial charge in [-0.3, -0.25) is 9.69 Å². The molecule has 1 atom stereocenters. The zero-order chi connectivity index (χ0) is 25.4. The summed E-state index contributed by atoms with van der Waals surface area (Å²) in [5, 5.41) is 0. The highest BCUT2D eigenvalue weighted by molar-refractivity contribution is 7.89. The van der Waals surface area contributed by atoms with E-state index in [1.807, 2.05) is 10.8 Å². The maximum Gasteiger partial charge on any atom is 0.267 e. The highest BCUT2D eigenvalue weighted by Crippen LogP contribution is 2.46. The van der Waals surface area contributed by atoms with E-state index in [2.05, 4.69) is 18.7 Å². The number of halogens is 2. The molecule has 0 unspecified atom stereocenters. The van der Waals surface area contributed by atoms with Crippen molar-refractivity contribution in [1.29, 1.82) is 0 Å².